The van der Waals surface area contributed by atoms with Gasteiger partial charge in [-0.2, -0.15) is 4.58 Å². The summed E-state index contributed by atoms with van der Waals surface area (Å²) in [6.07, 6.45) is 9.63. The van der Waals surface area contributed by atoms with E-state index in [0.717, 1.165) is 29.9 Å². The molecule has 1 unspecified atom stereocenters. The van der Waals surface area contributed by atoms with Gasteiger partial charge in [0, 0.05) is 23.3 Å². The zero-order chi connectivity index (χ0) is 19.0. The predicted octanol–water partition coefficient (Wildman–Crippen LogP) is 2.54. The van der Waals surface area contributed by atoms with Gasteiger partial charge in [-0.3, -0.25) is 4.79 Å². The number of ether oxygens (including phenoxy) is 1. The molecular weight excluding hydrogens is 360 g/mol. The Morgan fingerprint density at radius 1 is 1.33 bits per heavy atom. The fraction of sp³-hybridized carbons (Fsp3) is 0.286. The van der Waals surface area contributed by atoms with Crippen LogP contribution in [0, 0.1) is 0 Å². The summed E-state index contributed by atoms with van der Waals surface area (Å²) in [7, 11) is 3.38. The van der Waals surface area contributed by atoms with Crippen LogP contribution in [-0.2, 0) is 9.59 Å². The maximum atomic E-state index is 12.9. The topological polar surface area (TPSA) is 58.4 Å². The van der Waals surface area contributed by atoms with Gasteiger partial charge in [0.2, 0.25) is 5.71 Å². The SMILES string of the molecule is COc1ccccc1/C=C1/SC2C=CC(C(=O)NC3CC3)=CC2=[N+](C)C1=O. The number of nitrogens with one attached hydrogen (secondary N) is 1. The molecule has 6 heteroatoms. The summed E-state index contributed by atoms with van der Waals surface area (Å²) in [5.74, 6) is 0.584. The Balaban J connectivity index is 1.64. The summed E-state index contributed by atoms with van der Waals surface area (Å²) >= 11 is 1.50. The lowest BCUT2D eigenvalue weighted by molar-refractivity contribution is -0.413. The highest BCUT2D eigenvalue weighted by Crippen LogP contribution is 2.34. The molecule has 1 heterocycles. The quantitative estimate of drug-likeness (QED) is 0.643. The van der Waals surface area contributed by atoms with E-state index in [1.54, 1.807) is 18.7 Å². The number of rotatable bonds is 4. The van der Waals surface area contributed by atoms with Crippen molar-refractivity contribution in [1.82, 2.24) is 5.32 Å². The van der Waals surface area contributed by atoms with Crippen molar-refractivity contribution < 1.29 is 18.9 Å². The summed E-state index contributed by atoms with van der Waals surface area (Å²) in [6, 6.07) is 7.93. The van der Waals surface area contributed by atoms with E-state index < -0.39 is 0 Å². The number of fused-ring (bicyclic) bond motifs is 1. The predicted molar refractivity (Wildman–Crippen MR) is 107 cm³/mol. The first-order chi connectivity index (χ1) is 13.1. The largest absolute Gasteiger partial charge is 0.496 e. The van der Waals surface area contributed by atoms with Crippen molar-refractivity contribution in [1.29, 1.82) is 0 Å². The van der Waals surface area contributed by atoms with Gasteiger partial charge in [0.1, 0.15) is 23.0 Å². The number of hydrogen-bond acceptors (Lipinski definition) is 4. The van der Waals surface area contributed by atoms with Crippen LogP contribution in [0.25, 0.3) is 6.08 Å². The normalized spacial score (nSPS) is 23.2. The number of methoxy groups -OCH3 is 1. The van der Waals surface area contributed by atoms with Crippen molar-refractivity contribution in [3.8, 4) is 5.75 Å². The van der Waals surface area contributed by atoms with Gasteiger partial charge >= 0.3 is 5.91 Å². The zero-order valence-electron chi connectivity index (χ0n) is 15.3. The smallest absolute Gasteiger partial charge is 0.425 e. The van der Waals surface area contributed by atoms with E-state index >= 15 is 0 Å². The molecule has 2 aliphatic carbocycles. The van der Waals surface area contributed by atoms with Crippen LogP contribution in [0.1, 0.15) is 18.4 Å². The second kappa shape index (κ2) is 7.19. The van der Waals surface area contributed by atoms with Gasteiger partial charge in [0.15, 0.2) is 0 Å². The molecule has 1 aromatic carbocycles. The number of nitrogens with zero attached hydrogens (tertiary/aromatic N) is 1. The minimum atomic E-state index is -0.0781. The maximum Gasteiger partial charge on any atom is 0.425 e. The van der Waals surface area contributed by atoms with Crippen molar-refractivity contribution in [2.45, 2.75) is 24.1 Å². The van der Waals surface area contributed by atoms with E-state index in [1.165, 1.54) is 11.8 Å². The molecule has 1 N–H and O–H groups in total. The number of carbonyl (C=O) groups excluding carboxylic acids is 2. The first-order valence-corrected chi connectivity index (χ1v) is 9.82. The van der Waals surface area contributed by atoms with Crippen LogP contribution >= 0.6 is 11.8 Å². The third kappa shape index (κ3) is 3.62. The van der Waals surface area contributed by atoms with Crippen LogP contribution < -0.4 is 10.1 Å². The molecule has 0 bridgehead atoms. The molecule has 3 aliphatic rings. The monoisotopic (exact) mass is 381 g/mol. The molecule has 5 nitrogen and oxygen atoms in total. The van der Waals surface area contributed by atoms with Crippen LogP contribution in [0.2, 0.25) is 0 Å². The van der Waals surface area contributed by atoms with Gasteiger partial charge < -0.3 is 10.1 Å². The number of amides is 2. The highest BCUT2D eigenvalue weighted by atomic mass is 32.2. The lowest BCUT2D eigenvalue weighted by Gasteiger charge is -2.21. The van der Waals surface area contributed by atoms with E-state index in [2.05, 4.69) is 5.32 Å². The Hall–Kier alpha value is -2.60. The Kier molecular flexibility index (Phi) is 4.74. The number of likely N-dealkylation sites (N-methyl/N-ethyl adjacent to an activating group) is 1. The highest BCUT2D eigenvalue weighted by molar-refractivity contribution is 8.05. The van der Waals surface area contributed by atoms with Crippen LogP contribution in [0.15, 0.2) is 53.0 Å². The summed E-state index contributed by atoms with van der Waals surface area (Å²) in [6.45, 7) is 0. The van der Waals surface area contributed by atoms with Gasteiger partial charge in [-0.15, -0.1) is 0 Å². The number of carbonyl (C=O) groups is 2. The molecule has 2 amide bonds. The molecular formula is C21H21N2O3S+. The molecule has 1 aliphatic heterocycles. The molecule has 0 saturated heterocycles. The summed E-state index contributed by atoms with van der Waals surface area (Å²) in [5, 5.41) is 3.00. The Bertz CT molecular complexity index is 939. The second-order valence-corrected chi connectivity index (χ2v) is 7.97. The molecule has 1 aromatic rings. The van der Waals surface area contributed by atoms with Crippen LogP contribution in [0.4, 0.5) is 0 Å². The maximum absolute atomic E-state index is 12.9. The van der Waals surface area contributed by atoms with Crippen molar-refractivity contribution in [2.75, 3.05) is 14.2 Å². The van der Waals surface area contributed by atoms with Crippen LogP contribution in [-0.4, -0.2) is 47.6 Å². The molecule has 1 fully saturated rings. The summed E-state index contributed by atoms with van der Waals surface area (Å²) in [4.78, 5) is 25.8. The average Bonchev–Trinajstić information content (AvgIpc) is 3.50. The summed E-state index contributed by atoms with van der Waals surface area (Å²) < 4.78 is 7.02. The fourth-order valence-electron chi connectivity index (χ4n) is 3.10. The molecule has 0 aromatic heterocycles. The lowest BCUT2D eigenvalue weighted by Crippen LogP contribution is -2.37. The zero-order valence-corrected chi connectivity index (χ0v) is 16.1. The minimum Gasteiger partial charge on any atom is -0.496 e. The fourth-order valence-corrected chi connectivity index (χ4v) is 4.31. The number of allylic oxidation sites excluding steroid dienone is 1. The number of para-hydroxylation sites is 1. The Morgan fingerprint density at radius 2 is 2.11 bits per heavy atom. The van der Waals surface area contributed by atoms with Gasteiger partial charge in [0.05, 0.1) is 7.11 Å². The van der Waals surface area contributed by atoms with Gasteiger partial charge in [0.25, 0.3) is 5.91 Å². The first kappa shape index (κ1) is 17.8. The first-order valence-electron chi connectivity index (χ1n) is 8.94. The molecule has 0 spiro atoms. The van der Waals surface area contributed by atoms with Crippen LogP contribution in [0.3, 0.4) is 0 Å². The Morgan fingerprint density at radius 3 is 2.85 bits per heavy atom. The van der Waals surface area contributed by atoms with Crippen molar-refractivity contribution >= 4 is 35.4 Å². The third-order valence-corrected chi connectivity index (χ3v) is 6.00. The van der Waals surface area contributed by atoms with E-state index in [4.69, 9.17) is 4.74 Å². The average molecular weight is 381 g/mol. The third-order valence-electron chi connectivity index (χ3n) is 4.80. The highest BCUT2D eigenvalue weighted by Gasteiger charge is 2.38. The minimum absolute atomic E-state index is 0.00568. The van der Waals surface area contributed by atoms with Crippen molar-refractivity contribution in [2.24, 2.45) is 0 Å². The Labute approximate surface area is 162 Å². The standard InChI is InChI=1S/C21H20N2O3S/c1-23-16-11-14(20(24)22-15-8-9-15)7-10-18(16)27-19(21(23)25)12-13-5-3-4-6-17(13)26-2/h3-7,10-12,15,18H,8-9H2,1-2H3/p+1/b19-12+. The lowest BCUT2D eigenvalue weighted by atomic mass is 10.0. The van der Waals surface area contributed by atoms with Gasteiger partial charge in [-0.1, -0.05) is 42.1 Å². The van der Waals surface area contributed by atoms with E-state index in [-0.39, 0.29) is 17.1 Å². The van der Waals surface area contributed by atoms with E-state index in [0.29, 0.717) is 16.5 Å². The molecule has 0 radical (unpaired) electrons. The number of benzene rings is 1. The molecule has 4 rings (SSSR count). The van der Waals surface area contributed by atoms with E-state index in [9.17, 15) is 9.59 Å². The molecule has 138 valence electrons. The molecule has 1 saturated carbocycles. The second-order valence-electron chi connectivity index (χ2n) is 6.78. The van der Waals surface area contributed by atoms with Gasteiger partial charge in [-0.05, 0) is 25.0 Å². The van der Waals surface area contributed by atoms with Gasteiger partial charge in [-0.25, -0.2) is 4.79 Å². The number of thioether (sulfide) groups is 1. The van der Waals surface area contributed by atoms with Crippen LogP contribution in [0.5, 0.6) is 5.75 Å². The number of hydrogen-bond donors (Lipinski definition) is 1. The molecule has 27 heavy (non-hydrogen) atoms. The van der Waals surface area contributed by atoms with Crippen molar-refractivity contribution in [3.05, 3.63) is 58.5 Å². The van der Waals surface area contributed by atoms with E-state index in [1.807, 2.05) is 48.6 Å². The van der Waals surface area contributed by atoms with Crippen molar-refractivity contribution in [3.63, 3.8) is 0 Å². The molecule has 1 atom stereocenters. The summed E-state index contributed by atoms with van der Waals surface area (Å²) in [5.41, 5.74) is 2.31.